The SMILES string of the molecule is Cc1cc2nc(C(=O)NC3CCc4nn(C)c(=O)n4CC3)cc(C)n2n1. The molecule has 0 radical (unpaired) electrons. The molecular formula is C17H21N7O2. The van der Waals surface area contributed by atoms with E-state index in [1.54, 1.807) is 22.2 Å². The van der Waals surface area contributed by atoms with Crippen molar-refractivity contribution in [1.29, 1.82) is 0 Å². The van der Waals surface area contributed by atoms with Gasteiger partial charge in [-0.1, -0.05) is 0 Å². The van der Waals surface area contributed by atoms with Crippen LogP contribution in [0.3, 0.4) is 0 Å². The Morgan fingerprint density at radius 2 is 2.04 bits per heavy atom. The molecule has 0 fully saturated rings. The van der Waals surface area contributed by atoms with Crippen LogP contribution in [0.5, 0.6) is 0 Å². The highest BCUT2D eigenvalue weighted by atomic mass is 16.2. The number of nitrogens with zero attached hydrogens (tertiary/aromatic N) is 6. The number of rotatable bonds is 2. The fraction of sp³-hybridized carbons (Fsp3) is 0.471. The quantitative estimate of drug-likeness (QED) is 0.716. The smallest absolute Gasteiger partial charge is 0.345 e. The fourth-order valence-corrected chi connectivity index (χ4v) is 3.46. The van der Waals surface area contributed by atoms with Gasteiger partial charge in [0.15, 0.2) is 5.65 Å². The highest BCUT2D eigenvalue weighted by molar-refractivity contribution is 5.93. The molecule has 0 aliphatic carbocycles. The lowest BCUT2D eigenvalue weighted by Crippen LogP contribution is -2.36. The highest BCUT2D eigenvalue weighted by Crippen LogP contribution is 2.13. The second-order valence-corrected chi connectivity index (χ2v) is 6.81. The molecule has 26 heavy (non-hydrogen) atoms. The van der Waals surface area contributed by atoms with Gasteiger partial charge in [-0.15, -0.1) is 0 Å². The summed E-state index contributed by atoms with van der Waals surface area (Å²) in [6.45, 7) is 4.35. The predicted octanol–water partition coefficient (Wildman–Crippen LogP) is 0.376. The Bertz CT molecular complexity index is 1060. The monoisotopic (exact) mass is 355 g/mol. The lowest BCUT2D eigenvalue weighted by molar-refractivity contribution is 0.0927. The van der Waals surface area contributed by atoms with Gasteiger partial charge in [0.2, 0.25) is 0 Å². The minimum atomic E-state index is -0.202. The van der Waals surface area contributed by atoms with Crippen LogP contribution in [0.15, 0.2) is 16.9 Å². The third-order valence-corrected chi connectivity index (χ3v) is 4.80. The summed E-state index contributed by atoms with van der Waals surface area (Å²) < 4.78 is 4.78. The van der Waals surface area contributed by atoms with Gasteiger partial charge in [-0.3, -0.25) is 9.36 Å². The van der Waals surface area contributed by atoms with E-state index in [9.17, 15) is 9.59 Å². The molecule has 9 nitrogen and oxygen atoms in total. The lowest BCUT2D eigenvalue weighted by atomic mass is 10.1. The molecule has 1 aliphatic heterocycles. The summed E-state index contributed by atoms with van der Waals surface area (Å²) in [7, 11) is 1.66. The van der Waals surface area contributed by atoms with Crippen molar-refractivity contribution in [3.63, 3.8) is 0 Å². The van der Waals surface area contributed by atoms with E-state index in [4.69, 9.17) is 0 Å². The Morgan fingerprint density at radius 3 is 2.85 bits per heavy atom. The Kier molecular flexibility index (Phi) is 3.86. The molecule has 3 aromatic rings. The summed E-state index contributed by atoms with van der Waals surface area (Å²) in [6.07, 6.45) is 2.10. The van der Waals surface area contributed by atoms with Crippen molar-refractivity contribution in [3.8, 4) is 0 Å². The molecule has 3 aromatic heterocycles. The van der Waals surface area contributed by atoms with E-state index in [1.165, 1.54) is 4.68 Å². The third kappa shape index (κ3) is 2.79. The molecule has 0 aromatic carbocycles. The minimum Gasteiger partial charge on any atom is -0.348 e. The number of fused-ring (bicyclic) bond motifs is 2. The maximum Gasteiger partial charge on any atom is 0.345 e. The van der Waals surface area contributed by atoms with Crippen molar-refractivity contribution < 1.29 is 4.79 Å². The van der Waals surface area contributed by atoms with Crippen LogP contribution in [0.4, 0.5) is 0 Å². The Balaban J connectivity index is 1.51. The van der Waals surface area contributed by atoms with Gasteiger partial charge >= 0.3 is 5.69 Å². The fourth-order valence-electron chi connectivity index (χ4n) is 3.46. The van der Waals surface area contributed by atoms with Crippen LogP contribution in [0.25, 0.3) is 5.65 Å². The number of carbonyl (C=O) groups excluding carboxylic acids is 1. The highest BCUT2D eigenvalue weighted by Gasteiger charge is 2.22. The average Bonchev–Trinajstić information content (AvgIpc) is 3.02. The Labute approximate surface area is 149 Å². The maximum absolute atomic E-state index is 12.7. The van der Waals surface area contributed by atoms with Gasteiger partial charge in [0, 0.05) is 37.8 Å². The first-order chi connectivity index (χ1) is 12.4. The first-order valence-electron chi connectivity index (χ1n) is 8.70. The Hall–Kier alpha value is -2.97. The number of aromatic nitrogens is 6. The number of aryl methyl sites for hydroxylation is 4. The normalized spacial score (nSPS) is 17.1. The van der Waals surface area contributed by atoms with Crippen LogP contribution in [-0.4, -0.2) is 40.9 Å². The summed E-state index contributed by atoms with van der Waals surface area (Å²) in [4.78, 5) is 29.1. The van der Waals surface area contributed by atoms with E-state index in [-0.39, 0.29) is 17.6 Å². The molecule has 1 atom stereocenters. The van der Waals surface area contributed by atoms with Gasteiger partial charge in [-0.2, -0.15) is 10.2 Å². The maximum atomic E-state index is 12.7. The molecule has 1 aliphatic rings. The summed E-state index contributed by atoms with van der Waals surface area (Å²) in [5.74, 6) is 0.575. The van der Waals surface area contributed by atoms with E-state index in [0.717, 1.165) is 23.6 Å². The van der Waals surface area contributed by atoms with E-state index in [0.29, 0.717) is 30.7 Å². The molecule has 0 saturated heterocycles. The van der Waals surface area contributed by atoms with Crippen molar-refractivity contribution in [3.05, 3.63) is 45.5 Å². The average molecular weight is 355 g/mol. The third-order valence-electron chi connectivity index (χ3n) is 4.80. The van der Waals surface area contributed by atoms with Gasteiger partial charge in [0.1, 0.15) is 11.5 Å². The first kappa shape index (κ1) is 16.5. The van der Waals surface area contributed by atoms with E-state index < -0.39 is 0 Å². The molecule has 4 rings (SSSR count). The van der Waals surface area contributed by atoms with Crippen molar-refractivity contribution in [2.45, 2.75) is 45.7 Å². The number of hydrogen-bond acceptors (Lipinski definition) is 5. The van der Waals surface area contributed by atoms with Crippen molar-refractivity contribution in [2.24, 2.45) is 7.05 Å². The summed E-state index contributed by atoms with van der Waals surface area (Å²) in [6, 6.07) is 3.58. The zero-order valence-corrected chi connectivity index (χ0v) is 15.1. The van der Waals surface area contributed by atoms with Gasteiger partial charge in [-0.05, 0) is 32.8 Å². The van der Waals surface area contributed by atoms with E-state index in [1.807, 2.05) is 19.9 Å². The van der Waals surface area contributed by atoms with Crippen molar-refractivity contribution in [1.82, 2.24) is 34.3 Å². The van der Waals surface area contributed by atoms with Crippen molar-refractivity contribution >= 4 is 11.6 Å². The van der Waals surface area contributed by atoms with Gasteiger partial charge in [0.25, 0.3) is 5.91 Å². The molecule has 0 saturated carbocycles. The van der Waals surface area contributed by atoms with Crippen LogP contribution in [0, 0.1) is 13.8 Å². The number of amides is 1. The summed E-state index contributed by atoms with van der Waals surface area (Å²) >= 11 is 0. The number of carbonyl (C=O) groups is 1. The zero-order chi connectivity index (χ0) is 18.4. The largest absolute Gasteiger partial charge is 0.348 e. The van der Waals surface area contributed by atoms with Crippen LogP contribution in [-0.2, 0) is 20.0 Å². The lowest BCUT2D eigenvalue weighted by Gasteiger charge is -2.16. The van der Waals surface area contributed by atoms with E-state index in [2.05, 4.69) is 20.5 Å². The first-order valence-corrected chi connectivity index (χ1v) is 8.70. The number of hydrogen-bond donors (Lipinski definition) is 1. The van der Waals surface area contributed by atoms with Crippen LogP contribution < -0.4 is 11.0 Å². The van der Waals surface area contributed by atoms with Gasteiger partial charge in [-0.25, -0.2) is 19.0 Å². The topological polar surface area (TPSA) is 99.1 Å². The molecule has 136 valence electrons. The van der Waals surface area contributed by atoms with Crippen LogP contribution >= 0.6 is 0 Å². The molecule has 0 bridgehead atoms. The second kappa shape index (κ2) is 6.08. The second-order valence-electron chi connectivity index (χ2n) is 6.81. The predicted molar refractivity (Wildman–Crippen MR) is 94.1 cm³/mol. The van der Waals surface area contributed by atoms with E-state index >= 15 is 0 Å². The molecule has 1 N–H and O–H groups in total. The summed E-state index contributed by atoms with van der Waals surface area (Å²) in [5.41, 5.74) is 2.66. The van der Waals surface area contributed by atoms with Gasteiger partial charge in [0.05, 0.1) is 5.69 Å². The van der Waals surface area contributed by atoms with Crippen LogP contribution in [0.2, 0.25) is 0 Å². The standard InChI is InChI=1S/C17H21N7O2/c1-10-8-15-19-13(9-11(2)24(15)20-10)16(25)18-12-4-5-14-21-22(3)17(26)23(14)7-6-12/h8-9,12H,4-7H2,1-3H3,(H,18,25). The van der Waals surface area contributed by atoms with Gasteiger partial charge < -0.3 is 5.32 Å². The molecule has 9 heteroatoms. The minimum absolute atomic E-state index is 0.0149. The molecular weight excluding hydrogens is 334 g/mol. The summed E-state index contributed by atoms with van der Waals surface area (Å²) in [5, 5.41) is 11.7. The molecule has 4 heterocycles. The zero-order valence-electron chi connectivity index (χ0n) is 15.1. The van der Waals surface area contributed by atoms with Crippen LogP contribution in [0.1, 0.15) is 40.5 Å². The van der Waals surface area contributed by atoms with Crippen molar-refractivity contribution in [2.75, 3.05) is 0 Å². The number of nitrogens with one attached hydrogen (secondary N) is 1. The molecule has 1 unspecified atom stereocenters. The molecule has 0 spiro atoms. The Morgan fingerprint density at radius 1 is 1.23 bits per heavy atom. The molecule has 1 amide bonds.